The van der Waals surface area contributed by atoms with Crippen LogP contribution in [0, 0.1) is 0 Å². The fourth-order valence-electron chi connectivity index (χ4n) is 3.87. The van der Waals surface area contributed by atoms with E-state index in [1.165, 1.54) is 0 Å². The molecule has 0 saturated carbocycles. The maximum Gasteiger partial charge on any atom is 0.262 e. The van der Waals surface area contributed by atoms with E-state index in [1.54, 1.807) is 34.9 Å². The van der Waals surface area contributed by atoms with Gasteiger partial charge in [-0.1, -0.05) is 30.3 Å². The molecule has 5 rings (SSSR count). The molecule has 7 nitrogen and oxygen atoms in total. The molecule has 33 heavy (non-hydrogen) atoms. The normalized spacial score (nSPS) is 12.4. The molecule has 0 fully saturated rings. The first-order valence-electron chi connectivity index (χ1n) is 10.9. The number of hydrogen-bond donors (Lipinski definition) is 1. The van der Waals surface area contributed by atoms with Crippen molar-refractivity contribution < 1.29 is 14.3 Å². The van der Waals surface area contributed by atoms with Gasteiger partial charge in [0.15, 0.2) is 6.61 Å². The van der Waals surface area contributed by atoms with E-state index in [9.17, 15) is 9.59 Å². The maximum atomic E-state index is 12.7. The lowest BCUT2D eigenvalue weighted by Gasteiger charge is -2.10. The van der Waals surface area contributed by atoms with E-state index in [1.807, 2.05) is 42.5 Å². The van der Waals surface area contributed by atoms with Crippen LogP contribution in [0.3, 0.4) is 0 Å². The molecule has 1 aromatic heterocycles. The second kappa shape index (κ2) is 9.16. The fraction of sp³-hybridized carbons (Fsp3) is 0.192. The molecule has 0 aliphatic carbocycles. The third-order valence-electron chi connectivity index (χ3n) is 5.54. The first-order valence-corrected chi connectivity index (χ1v) is 10.9. The van der Waals surface area contributed by atoms with Crippen LogP contribution in [-0.2, 0) is 24.4 Å². The summed E-state index contributed by atoms with van der Waals surface area (Å²) in [5.41, 5.74) is 2.33. The highest BCUT2D eigenvalue weighted by Crippen LogP contribution is 2.20. The molecule has 0 unspecified atom stereocenters. The van der Waals surface area contributed by atoms with E-state index < -0.39 is 0 Å². The maximum absolute atomic E-state index is 12.7. The molecule has 2 heterocycles. The molecule has 0 spiro atoms. The predicted molar refractivity (Wildman–Crippen MR) is 126 cm³/mol. The molecule has 1 aliphatic rings. The number of aromatic nitrogens is 2. The van der Waals surface area contributed by atoms with Crippen molar-refractivity contribution in [1.29, 1.82) is 0 Å². The van der Waals surface area contributed by atoms with E-state index in [0.717, 1.165) is 30.0 Å². The smallest absolute Gasteiger partial charge is 0.262 e. The lowest BCUT2D eigenvalue weighted by molar-refractivity contribution is -0.118. The van der Waals surface area contributed by atoms with Crippen molar-refractivity contribution in [3.63, 3.8) is 0 Å². The zero-order chi connectivity index (χ0) is 22.6. The minimum atomic E-state index is -0.295. The molecule has 0 radical (unpaired) electrons. The summed E-state index contributed by atoms with van der Waals surface area (Å²) in [6, 6.07) is 22.2. The molecule has 1 aliphatic heterocycles. The molecule has 166 valence electrons. The number of hydrogen-bond acceptors (Lipinski definition) is 5. The lowest BCUT2D eigenvalue weighted by Crippen LogP contribution is -2.22. The van der Waals surface area contributed by atoms with Crippen molar-refractivity contribution in [2.75, 3.05) is 11.9 Å². The summed E-state index contributed by atoms with van der Waals surface area (Å²) in [6.07, 6.45) is 1.76. The van der Waals surface area contributed by atoms with Crippen LogP contribution in [0.25, 0.3) is 10.9 Å². The van der Waals surface area contributed by atoms with Crippen LogP contribution in [0.1, 0.15) is 17.8 Å². The summed E-state index contributed by atoms with van der Waals surface area (Å²) in [4.78, 5) is 29.6. The predicted octanol–water partition coefficient (Wildman–Crippen LogP) is 3.94. The van der Waals surface area contributed by atoms with Gasteiger partial charge >= 0.3 is 0 Å². The Morgan fingerprint density at radius 3 is 2.58 bits per heavy atom. The van der Waals surface area contributed by atoms with Gasteiger partial charge in [-0.25, -0.2) is 4.98 Å². The van der Waals surface area contributed by atoms with Gasteiger partial charge in [-0.15, -0.1) is 0 Å². The van der Waals surface area contributed by atoms with Crippen LogP contribution >= 0.6 is 0 Å². The number of carbonyl (C=O) groups excluding carboxylic acids is 1. The number of carbonyl (C=O) groups is 1. The number of aryl methyl sites for hydroxylation is 1. The van der Waals surface area contributed by atoms with Crippen LogP contribution in [0.4, 0.5) is 5.69 Å². The summed E-state index contributed by atoms with van der Waals surface area (Å²) in [5.74, 6) is 1.71. The third-order valence-corrected chi connectivity index (χ3v) is 5.54. The van der Waals surface area contributed by atoms with E-state index in [2.05, 4.69) is 10.3 Å². The molecule has 1 N–H and O–H groups in total. The molecule has 0 atom stereocenters. The second-order valence-electron chi connectivity index (χ2n) is 7.90. The van der Waals surface area contributed by atoms with Crippen molar-refractivity contribution in [3.05, 3.63) is 94.5 Å². The Bertz CT molecular complexity index is 1350. The Kier molecular flexibility index (Phi) is 5.76. The lowest BCUT2D eigenvalue weighted by atomic mass is 10.2. The summed E-state index contributed by atoms with van der Waals surface area (Å²) in [7, 11) is 0. The number of fused-ring (bicyclic) bond motifs is 2. The number of anilines is 1. The van der Waals surface area contributed by atoms with Crippen LogP contribution in [0.2, 0.25) is 0 Å². The van der Waals surface area contributed by atoms with Gasteiger partial charge in [0.2, 0.25) is 0 Å². The highest BCUT2D eigenvalue weighted by atomic mass is 16.5. The largest absolute Gasteiger partial charge is 0.489 e. The number of benzene rings is 3. The Morgan fingerprint density at radius 2 is 1.76 bits per heavy atom. The number of rotatable bonds is 7. The highest BCUT2D eigenvalue weighted by Gasteiger charge is 2.16. The molecular weight excluding hydrogens is 418 g/mol. The van der Waals surface area contributed by atoms with Gasteiger partial charge in [0.1, 0.15) is 23.9 Å². The van der Waals surface area contributed by atoms with Gasteiger partial charge in [0, 0.05) is 18.7 Å². The van der Waals surface area contributed by atoms with Crippen LogP contribution in [0.15, 0.2) is 77.6 Å². The van der Waals surface area contributed by atoms with E-state index in [0.29, 0.717) is 35.5 Å². The Hall–Kier alpha value is -4.13. The molecule has 4 aromatic rings. The van der Waals surface area contributed by atoms with Gasteiger partial charge in [0.25, 0.3) is 11.5 Å². The average Bonchev–Trinajstić information content (AvgIpc) is 3.32. The number of nitrogens with one attached hydrogen (secondary N) is 1. The molecule has 0 bridgehead atoms. The minimum Gasteiger partial charge on any atom is -0.489 e. The van der Waals surface area contributed by atoms with Crippen molar-refractivity contribution in [2.45, 2.75) is 26.0 Å². The summed E-state index contributed by atoms with van der Waals surface area (Å²) in [6.45, 7) is 1.01. The van der Waals surface area contributed by atoms with E-state index in [4.69, 9.17) is 9.47 Å². The van der Waals surface area contributed by atoms with Gasteiger partial charge in [-0.3, -0.25) is 14.2 Å². The zero-order valence-corrected chi connectivity index (χ0v) is 18.0. The van der Waals surface area contributed by atoms with E-state index >= 15 is 0 Å². The topological polar surface area (TPSA) is 82.5 Å². The van der Waals surface area contributed by atoms with Crippen LogP contribution in [0.5, 0.6) is 11.5 Å². The fourth-order valence-corrected chi connectivity index (χ4v) is 3.87. The molecule has 7 heteroatoms. The van der Waals surface area contributed by atoms with Gasteiger partial charge in [0.05, 0.1) is 10.9 Å². The Balaban J connectivity index is 1.17. The second-order valence-corrected chi connectivity index (χ2v) is 7.90. The molecule has 3 aromatic carbocycles. The molecule has 0 saturated heterocycles. The minimum absolute atomic E-state index is 0.0584. The van der Waals surface area contributed by atoms with Gasteiger partial charge < -0.3 is 14.8 Å². The average molecular weight is 441 g/mol. The number of ether oxygens (including phenoxy) is 2. The van der Waals surface area contributed by atoms with Crippen LogP contribution in [-0.4, -0.2) is 22.1 Å². The Morgan fingerprint density at radius 1 is 0.970 bits per heavy atom. The van der Waals surface area contributed by atoms with Crippen molar-refractivity contribution >= 4 is 22.5 Å². The third kappa shape index (κ3) is 4.72. The summed E-state index contributed by atoms with van der Waals surface area (Å²) in [5, 5.41) is 3.30. The molecular formula is C26H23N3O4. The highest BCUT2D eigenvalue weighted by molar-refractivity contribution is 5.92. The van der Waals surface area contributed by atoms with Gasteiger partial charge in [-0.05, 0) is 54.4 Å². The standard InChI is InChI=1S/C26H23N3O4/c30-25(27-19-8-10-20(11-9-19)32-16-18-5-2-1-3-6-18)17-33-21-12-13-23-22(15-21)26(31)29-14-4-7-24(29)28-23/h1-3,5-6,8-13,15H,4,7,14,16-17H2,(H,27,30). The van der Waals surface area contributed by atoms with Crippen LogP contribution < -0.4 is 20.3 Å². The molecule has 1 amide bonds. The summed E-state index contributed by atoms with van der Waals surface area (Å²) >= 11 is 0. The first kappa shape index (κ1) is 20.8. The summed E-state index contributed by atoms with van der Waals surface area (Å²) < 4.78 is 13.1. The number of nitrogens with zero attached hydrogens (tertiary/aromatic N) is 2. The zero-order valence-electron chi connectivity index (χ0n) is 18.0. The monoisotopic (exact) mass is 441 g/mol. The Labute approximate surface area is 190 Å². The van der Waals surface area contributed by atoms with E-state index in [-0.39, 0.29) is 18.1 Å². The first-order chi connectivity index (χ1) is 16.2. The van der Waals surface area contributed by atoms with Gasteiger partial charge in [-0.2, -0.15) is 0 Å². The number of amides is 1. The quantitative estimate of drug-likeness (QED) is 0.470. The van der Waals surface area contributed by atoms with Crippen molar-refractivity contribution in [1.82, 2.24) is 9.55 Å². The van der Waals surface area contributed by atoms with Crippen molar-refractivity contribution in [3.8, 4) is 11.5 Å². The SMILES string of the molecule is O=C(COc1ccc2nc3n(c(=O)c2c1)CCC3)Nc1ccc(OCc2ccccc2)cc1. The van der Waals surface area contributed by atoms with Crippen molar-refractivity contribution in [2.24, 2.45) is 0 Å².